The lowest BCUT2D eigenvalue weighted by molar-refractivity contribution is 0.0696. The molecule has 2 N–H and O–H groups in total. The summed E-state index contributed by atoms with van der Waals surface area (Å²) in [7, 11) is 0. The van der Waals surface area contributed by atoms with Crippen molar-refractivity contribution in [2.45, 2.75) is 18.8 Å². The van der Waals surface area contributed by atoms with Gasteiger partial charge in [0.15, 0.2) is 0 Å². The van der Waals surface area contributed by atoms with Gasteiger partial charge >= 0.3 is 5.97 Å². The van der Waals surface area contributed by atoms with Gasteiger partial charge in [0.25, 0.3) is 0 Å². The van der Waals surface area contributed by atoms with Gasteiger partial charge in [-0.15, -0.1) is 0 Å². The molecule has 1 aromatic heterocycles. The molecule has 0 aromatic carbocycles. The van der Waals surface area contributed by atoms with Crippen LogP contribution in [0.15, 0.2) is 16.9 Å². The molecular formula is C11H13NO3S. The van der Waals surface area contributed by atoms with Crippen molar-refractivity contribution in [3.8, 4) is 0 Å². The lowest BCUT2D eigenvalue weighted by Gasteiger charge is -2.21. The SMILES string of the molecule is O=C(O)c1cc(C2CCCSC2)[nH]c(=O)c1. The lowest BCUT2D eigenvalue weighted by Crippen LogP contribution is -2.17. The minimum atomic E-state index is -1.05. The molecule has 4 nitrogen and oxygen atoms in total. The Labute approximate surface area is 97.1 Å². The molecule has 1 fully saturated rings. The van der Waals surface area contributed by atoms with Gasteiger partial charge in [0.05, 0.1) is 5.56 Å². The molecule has 5 heteroatoms. The second-order valence-electron chi connectivity index (χ2n) is 3.91. The number of H-pyrrole nitrogens is 1. The summed E-state index contributed by atoms with van der Waals surface area (Å²) in [6.45, 7) is 0. The smallest absolute Gasteiger partial charge is 0.335 e. The predicted octanol–water partition coefficient (Wildman–Crippen LogP) is 1.68. The normalized spacial score (nSPS) is 20.6. The van der Waals surface area contributed by atoms with Crippen LogP contribution in [0.2, 0.25) is 0 Å². The van der Waals surface area contributed by atoms with E-state index in [2.05, 4.69) is 4.98 Å². The Hall–Kier alpha value is -1.23. The number of thioether (sulfide) groups is 1. The number of carboxylic acids is 1. The van der Waals surface area contributed by atoms with E-state index in [9.17, 15) is 9.59 Å². The highest BCUT2D eigenvalue weighted by atomic mass is 32.2. The van der Waals surface area contributed by atoms with Gasteiger partial charge in [0.2, 0.25) is 5.56 Å². The summed E-state index contributed by atoms with van der Waals surface area (Å²) >= 11 is 1.85. The van der Waals surface area contributed by atoms with E-state index in [1.807, 2.05) is 11.8 Å². The molecule has 1 unspecified atom stereocenters. The van der Waals surface area contributed by atoms with Crippen LogP contribution in [0.4, 0.5) is 0 Å². The maximum atomic E-state index is 11.3. The lowest BCUT2D eigenvalue weighted by atomic mass is 9.99. The van der Waals surface area contributed by atoms with Crippen LogP contribution in [0, 0.1) is 0 Å². The van der Waals surface area contributed by atoms with Crippen LogP contribution in [-0.4, -0.2) is 27.6 Å². The molecule has 1 aliphatic rings. The van der Waals surface area contributed by atoms with Crippen molar-refractivity contribution in [2.24, 2.45) is 0 Å². The number of carbonyl (C=O) groups is 1. The second kappa shape index (κ2) is 4.74. The third-order valence-electron chi connectivity index (χ3n) is 2.71. The first kappa shape index (κ1) is 11.3. The van der Waals surface area contributed by atoms with E-state index >= 15 is 0 Å². The minimum absolute atomic E-state index is 0.0781. The maximum Gasteiger partial charge on any atom is 0.335 e. The summed E-state index contributed by atoms with van der Waals surface area (Å²) in [5, 5.41) is 8.87. The van der Waals surface area contributed by atoms with Crippen LogP contribution in [0.25, 0.3) is 0 Å². The van der Waals surface area contributed by atoms with E-state index in [0.29, 0.717) is 0 Å². The Kier molecular flexibility index (Phi) is 3.33. The first-order valence-electron chi connectivity index (χ1n) is 5.22. The van der Waals surface area contributed by atoms with Crippen LogP contribution in [0.5, 0.6) is 0 Å². The zero-order valence-corrected chi connectivity index (χ0v) is 9.55. The third kappa shape index (κ3) is 2.47. The van der Waals surface area contributed by atoms with Crippen molar-refractivity contribution in [1.82, 2.24) is 4.98 Å². The summed E-state index contributed by atoms with van der Waals surface area (Å²) in [6.07, 6.45) is 2.14. The van der Waals surface area contributed by atoms with Crippen LogP contribution in [0.1, 0.15) is 34.8 Å². The Morgan fingerprint density at radius 1 is 1.50 bits per heavy atom. The molecule has 0 bridgehead atoms. The molecule has 2 rings (SSSR count). The standard InChI is InChI=1S/C11H13NO3S/c13-10-5-8(11(14)15)4-9(12-10)7-2-1-3-16-6-7/h4-5,7H,1-3,6H2,(H,12,13)(H,14,15). The number of aromatic carboxylic acids is 1. The number of hydrogen-bond acceptors (Lipinski definition) is 3. The van der Waals surface area contributed by atoms with E-state index in [1.165, 1.54) is 0 Å². The number of pyridine rings is 1. The largest absolute Gasteiger partial charge is 0.478 e. The molecule has 0 saturated carbocycles. The average molecular weight is 239 g/mol. The van der Waals surface area contributed by atoms with Gasteiger partial charge in [0, 0.05) is 23.4 Å². The van der Waals surface area contributed by atoms with E-state index in [4.69, 9.17) is 5.11 Å². The van der Waals surface area contributed by atoms with Crippen LogP contribution >= 0.6 is 11.8 Å². The highest BCUT2D eigenvalue weighted by Gasteiger charge is 2.18. The fourth-order valence-electron chi connectivity index (χ4n) is 1.89. The molecule has 1 aromatic rings. The quantitative estimate of drug-likeness (QED) is 0.823. The maximum absolute atomic E-state index is 11.3. The Morgan fingerprint density at radius 2 is 2.31 bits per heavy atom. The van der Waals surface area contributed by atoms with Gasteiger partial charge in [-0.3, -0.25) is 4.79 Å². The van der Waals surface area contributed by atoms with E-state index in [-0.39, 0.29) is 17.0 Å². The fourth-order valence-corrected chi connectivity index (χ4v) is 3.06. The Balaban J connectivity index is 2.32. The highest BCUT2D eigenvalue weighted by Crippen LogP contribution is 2.29. The van der Waals surface area contributed by atoms with Gasteiger partial charge in [-0.1, -0.05) is 0 Å². The topological polar surface area (TPSA) is 70.2 Å². The molecule has 1 saturated heterocycles. The predicted molar refractivity (Wildman–Crippen MR) is 63.3 cm³/mol. The van der Waals surface area contributed by atoms with Crippen molar-refractivity contribution < 1.29 is 9.90 Å². The van der Waals surface area contributed by atoms with Crippen molar-refractivity contribution in [1.29, 1.82) is 0 Å². The molecule has 0 spiro atoms. The average Bonchev–Trinajstić information content (AvgIpc) is 2.29. The van der Waals surface area contributed by atoms with Crippen molar-refractivity contribution >= 4 is 17.7 Å². The molecule has 1 atom stereocenters. The molecule has 2 heterocycles. The fraction of sp³-hybridized carbons (Fsp3) is 0.455. The van der Waals surface area contributed by atoms with Gasteiger partial charge < -0.3 is 10.1 Å². The van der Waals surface area contributed by atoms with E-state index < -0.39 is 5.97 Å². The van der Waals surface area contributed by atoms with Crippen LogP contribution < -0.4 is 5.56 Å². The van der Waals surface area contributed by atoms with Crippen molar-refractivity contribution in [2.75, 3.05) is 11.5 Å². The third-order valence-corrected chi connectivity index (χ3v) is 3.93. The molecule has 16 heavy (non-hydrogen) atoms. The molecule has 0 radical (unpaired) electrons. The van der Waals surface area contributed by atoms with Gasteiger partial charge in [-0.25, -0.2) is 4.79 Å². The van der Waals surface area contributed by atoms with Crippen LogP contribution in [0.3, 0.4) is 0 Å². The van der Waals surface area contributed by atoms with Crippen molar-refractivity contribution in [3.05, 3.63) is 33.7 Å². The van der Waals surface area contributed by atoms with E-state index in [0.717, 1.165) is 36.1 Å². The number of aromatic amines is 1. The van der Waals surface area contributed by atoms with Gasteiger partial charge in [-0.2, -0.15) is 11.8 Å². The Morgan fingerprint density at radius 3 is 2.94 bits per heavy atom. The van der Waals surface area contributed by atoms with Crippen molar-refractivity contribution in [3.63, 3.8) is 0 Å². The minimum Gasteiger partial charge on any atom is -0.478 e. The zero-order valence-electron chi connectivity index (χ0n) is 8.73. The number of nitrogens with one attached hydrogen (secondary N) is 1. The zero-order chi connectivity index (χ0) is 11.5. The molecular weight excluding hydrogens is 226 g/mol. The number of aromatic nitrogens is 1. The summed E-state index contributed by atoms with van der Waals surface area (Å²) in [4.78, 5) is 24.9. The number of rotatable bonds is 2. The van der Waals surface area contributed by atoms with E-state index in [1.54, 1.807) is 6.07 Å². The molecule has 0 amide bonds. The molecule has 86 valence electrons. The summed E-state index contributed by atoms with van der Waals surface area (Å²) < 4.78 is 0. The van der Waals surface area contributed by atoms with Crippen LogP contribution in [-0.2, 0) is 0 Å². The second-order valence-corrected chi connectivity index (χ2v) is 5.06. The summed E-state index contributed by atoms with van der Waals surface area (Å²) in [5.74, 6) is 1.35. The highest BCUT2D eigenvalue weighted by molar-refractivity contribution is 7.99. The summed E-state index contributed by atoms with van der Waals surface area (Å²) in [6, 6.07) is 2.71. The first-order valence-corrected chi connectivity index (χ1v) is 6.37. The number of carboxylic acid groups (broad SMARTS) is 1. The van der Waals surface area contributed by atoms with Gasteiger partial charge in [0.1, 0.15) is 0 Å². The molecule has 1 aliphatic heterocycles. The van der Waals surface area contributed by atoms with Gasteiger partial charge in [-0.05, 0) is 24.7 Å². The monoisotopic (exact) mass is 239 g/mol. The Bertz CT molecular complexity index is 449. The molecule has 0 aliphatic carbocycles. The summed E-state index contributed by atoms with van der Waals surface area (Å²) in [5.41, 5.74) is 0.511. The first-order chi connectivity index (χ1) is 7.66. The number of hydrogen-bond donors (Lipinski definition) is 2.